The average molecular weight is 571 g/mol. The van der Waals surface area contributed by atoms with Crippen LogP contribution in [-0.2, 0) is 24.1 Å². The van der Waals surface area contributed by atoms with Gasteiger partial charge in [-0.15, -0.1) is 0 Å². The maximum absolute atomic E-state index is 12.3. The van der Waals surface area contributed by atoms with Crippen molar-refractivity contribution >= 4 is 38.8 Å². The van der Waals surface area contributed by atoms with Crippen molar-refractivity contribution in [3.05, 3.63) is 42.7 Å². The Hall–Kier alpha value is -3.81. The van der Waals surface area contributed by atoms with Gasteiger partial charge in [-0.3, -0.25) is 9.78 Å². The van der Waals surface area contributed by atoms with Crippen LogP contribution in [0.15, 0.2) is 47.8 Å². The summed E-state index contributed by atoms with van der Waals surface area (Å²) in [5, 5.41) is 5.69. The maximum atomic E-state index is 12.3. The molecule has 0 radical (unpaired) electrons. The molecule has 0 aliphatic carbocycles. The van der Waals surface area contributed by atoms with Crippen LogP contribution in [0.2, 0.25) is 0 Å². The molecule has 1 fully saturated rings. The average Bonchev–Trinajstić information content (AvgIpc) is 2.88. The van der Waals surface area contributed by atoms with Crippen LogP contribution >= 0.6 is 0 Å². The van der Waals surface area contributed by atoms with E-state index in [2.05, 4.69) is 30.5 Å². The van der Waals surface area contributed by atoms with Gasteiger partial charge >= 0.3 is 0 Å². The first-order chi connectivity index (χ1) is 19.0. The summed E-state index contributed by atoms with van der Waals surface area (Å²) in [4.78, 5) is 27.3. The van der Waals surface area contributed by atoms with E-state index in [-0.39, 0.29) is 35.6 Å². The van der Waals surface area contributed by atoms with Crippen molar-refractivity contribution in [1.29, 1.82) is 0 Å². The lowest BCUT2D eigenvalue weighted by atomic mass is 10.1. The van der Waals surface area contributed by atoms with E-state index in [1.165, 1.54) is 13.0 Å². The maximum Gasteiger partial charge on any atom is 0.222 e. The van der Waals surface area contributed by atoms with Crippen molar-refractivity contribution in [3.8, 4) is 17.0 Å². The van der Waals surface area contributed by atoms with E-state index in [1.54, 1.807) is 31.6 Å². The first-order valence-corrected chi connectivity index (χ1v) is 14.7. The van der Waals surface area contributed by atoms with Crippen LogP contribution in [0.1, 0.15) is 20.8 Å². The first kappa shape index (κ1) is 29.2. The Morgan fingerprint density at radius 3 is 2.45 bits per heavy atom. The second-order valence-corrected chi connectivity index (χ2v) is 11.6. The molecule has 40 heavy (non-hydrogen) atoms. The van der Waals surface area contributed by atoms with Crippen molar-refractivity contribution in [3.63, 3.8) is 0 Å². The Morgan fingerprint density at radius 2 is 1.82 bits per heavy atom. The Bertz CT molecular complexity index is 1440. The topological polar surface area (TPSA) is 145 Å². The number of morpholine rings is 1. The number of nitrogens with zero attached hydrogens (tertiary/aromatic N) is 4. The van der Waals surface area contributed by atoms with Gasteiger partial charge in [-0.2, -0.15) is 0 Å². The second kappa shape index (κ2) is 12.6. The van der Waals surface area contributed by atoms with E-state index in [0.29, 0.717) is 35.1 Å². The Kier molecular flexibility index (Phi) is 9.17. The Balaban J connectivity index is 1.70. The number of amides is 1. The number of ether oxygens (including phenoxy) is 3. The van der Waals surface area contributed by atoms with Crippen LogP contribution in [0.5, 0.6) is 5.75 Å². The molecular formula is C27H34N6O6S. The zero-order valence-corrected chi connectivity index (χ0v) is 24.0. The van der Waals surface area contributed by atoms with E-state index in [4.69, 9.17) is 14.2 Å². The molecule has 0 spiro atoms. The minimum absolute atomic E-state index is 0.114. The van der Waals surface area contributed by atoms with Gasteiger partial charge in [0.1, 0.15) is 24.0 Å². The van der Waals surface area contributed by atoms with Crippen molar-refractivity contribution in [2.45, 2.75) is 38.0 Å². The molecule has 4 heterocycles. The fourth-order valence-corrected chi connectivity index (χ4v) is 4.93. The summed E-state index contributed by atoms with van der Waals surface area (Å²) < 4.78 is 41.2. The fourth-order valence-electron chi connectivity index (χ4n) is 4.33. The molecule has 4 rings (SSSR count). The molecule has 3 aromatic rings. The first-order valence-electron chi connectivity index (χ1n) is 12.8. The molecule has 12 nitrogen and oxygen atoms in total. The molecule has 0 saturated carbocycles. The van der Waals surface area contributed by atoms with Crippen molar-refractivity contribution in [2.75, 3.05) is 55.2 Å². The van der Waals surface area contributed by atoms with Crippen molar-refractivity contribution in [2.24, 2.45) is 0 Å². The molecule has 1 saturated heterocycles. The molecule has 1 aliphatic rings. The molecule has 13 heteroatoms. The fraction of sp³-hybridized carbons (Fsp3) is 0.407. The summed E-state index contributed by atoms with van der Waals surface area (Å²) in [6.45, 7) is 7.57. The highest BCUT2D eigenvalue weighted by Gasteiger charge is 2.23. The van der Waals surface area contributed by atoms with Gasteiger partial charge in [-0.1, -0.05) is 0 Å². The molecule has 1 aliphatic heterocycles. The van der Waals surface area contributed by atoms with Crippen LogP contribution < -0.4 is 20.3 Å². The van der Waals surface area contributed by atoms with Gasteiger partial charge in [0.15, 0.2) is 14.9 Å². The molecular weight excluding hydrogens is 536 g/mol. The van der Waals surface area contributed by atoms with Crippen LogP contribution in [0.3, 0.4) is 0 Å². The number of aromatic nitrogens is 3. The number of rotatable bonds is 10. The Labute approximate surface area is 234 Å². The molecule has 1 amide bonds. The highest BCUT2D eigenvalue weighted by Crippen LogP contribution is 2.33. The zero-order valence-electron chi connectivity index (χ0n) is 23.2. The highest BCUT2D eigenvalue weighted by molar-refractivity contribution is 7.90. The van der Waals surface area contributed by atoms with Crippen molar-refractivity contribution in [1.82, 2.24) is 15.0 Å². The van der Waals surface area contributed by atoms with Gasteiger partial charge in [0, 0.05) is 63.3 Å². The van der Waals surface area contributed by atoms with E-state index in [0.717, 1.165) is 25.0 Å². The highest BCUT2D eigenvalue weighted by atomic mass is 32.2. The van der Waals surface area contributed by atoms with Gasteiger partial charge in [0.2, 0.25) is 5.91 Å². The standard InChI is InChI=1S/C27H34N6O6S/c1-17-15-33(16-18(2)39-17)20-6-7-23(28-13-20)22-14-29-25(30-19(3)34)12-24(22)31-26-10-21(38-9-8-37-4)11-27(32-26)40(5,35)36/h6-7,10-14,17-18H,8-9,15-16H2,1-5H3,(H2,29,30,31,32,34)/t17-,18+. The third-order valence-electron chi connectivity index (χ3n) is 5.99. The quantitative estimate of drug-likeness (QED) is 0.346. The van der Waals surface area contributed by atoms with Gasteiger partial charge in [-0.05, 0) is 26.0 Å². The van der Waals surface area contributed by atoms with Gasteiger partial charge < -0.3 is 29.7 Å². The molecule has 0 unspecified atom stereocenters. The minimum atomic E-state index is -3.64. The number of anilines is 4. The molecule has 2 N–H and O–H groups in total. The van der Waals surface area contributed by atoms with Gasteiger partial charge in [-0.25, -0.2) is 18.4 Å². The van der Waals surface area contributed by atoms with Crippen LogP contribution in [0.4, 0.5) is 23.0 Å². The zero-order chi connectivity index (χ0) is 28.9. The lowest BCUT2D eigenvalue weighted by Gasteiger charge is -2.36. The lowest BCUT2D eigenvalue weighted by molar-refractivity contribution is -0.114. The van der Waals surface area contributed by atoms with Gasteiger partial charge in [0.25, 0.3) is 0 Å². The summed E-state index contributed by atoms with van der Waals surface area (Å²) >= 11 is 0. The van der Waals surface area contributed by atoms with Crippen LogP contribution in [-0.4, -0.2) is 81.2 Å². The SMILES string of the molecule is COCCOc1cc(Nc2cc(NC(C)=O)ncc2-c2ccc(N3C[C@@H](C)O[C@@H](C)C3)cn2)nc(S(C)(=O)=O)c1. The monoisotopic (exact) mass is 570 g/mol. The predicted octanol–water partition coefficient (Wildman–Crippen LogP) is 3.28. The van der Waals surface area contributed by atoms with E-state index >= 15 is 0 Å². The molecule has 0 aromatic carbocycles. The summed E-state index contributed by atoms with van der Waals surface area (Å²) in [6.07, 6.45) is 4.69. The van der Waals surface area contributed by atoms with Crippen LogP contribution in [0.25, 0.3) is 11.3 Å². The van der Waals surface area contributed by atoms with Gasteiger partial charge in [0.05, 0.1) is 42.1 Å². The van der Waals surface area contributed by atoms with Crippen LogP contribution in [0, 0.1) is 0 Å². The molecule has 0 bridgehead atoms. The molecule has 2 atom stereocenters. The summed E-state index contributed by atoms with van der Waals surface area (Å²) in [5.41, 5.74) is 2.73. The molecule has 214 valence electrons. The minimum Gasteiger partial charge on any atom is -0.491 e. The summed E-state index contributed by atoms with van der Waals surface area (Å²) in [5.74, 6) is 0.560. The number of hydrogen-bond donors (Lipinski definition) is 2. The number of pyridine rings is 3. The Morgan fingerprint density at radius 1 is 1.07 bits per heavy atom. The number of methoxy groups -OCH3 is 1. The number of hydrogen-bond acceptors (Lipinski definition) is 11. The predicted molar refractivity (Wildman–Crippen MR) is 152 cm³/mol. The second-order valence-electron chi connectivity index (χ2n) is 9.63. The third-order valence-corrected chi connectivity index (χ3v) is 6.96. The largest absolute Gasteiger partial charge is 0.491 e. The smallest absolute Gasteiger partial charge is 0.222 e. The number of nitrogens with one attached hydrogen (secondary N) is 2. The summed E-state index contributed by atoms with van der Waals surface area (Å²) in [6, 6.07) is 8.46. The number of carbonyl (C=O) groups excluding carboxylic acids is 1. The number of sulfone groups is 1. The van der Waals surface area contributed by atoms with Crippen molar-refractivity contribution < 1.29 is 27.4 Å². The molecule has 3 aromatic heterocycles. The lowest BCUT2D eigenvalue weighted by Crippen LogP contribution is -2.45. The van der Waals surface area contributed by atoms with E-state index in [9.17, 15) is 13.2 Å². The van der Waals surface area contributed by atoms with E-state index in [1.807, 2.05) is 26.0 Å². The summed E-state index contributed by atoms with van der Waals surface area (Å²) in [7, 11) is -2.09. The normalized spacial score (nSPS) is 17.4. The number of carbonyl (C=O) groups is 1. The third kappa shape index (κ3) is 7.64. The van der Waals surface area contributed by atoms with E-state index < -0.39 is 9.84 Å².